The van der Waals surface area contributed by atoms with E-state index in [0.717, 1.165) is 8.68 Å². The first-order valence-corrected chi connectivity index (χ1v) is 7.85. The van der Waals surface area contributed by atoms with Crippen molar-refractivity contribution in [3.8, 4) is 0 Å². The molecule has 0 aliphatic heterocycles. The molecule has 2 aromatic heterocycles. The normalized spacial score (nSPS) is 10.6. The maximum absolute atomic E-state index is 11.4. The first-order valence-electron chi connectivity index (χ1n) is 4.82. The Bertz CT molecular complexity index is 539. The van der Waals surface area contributed by atoms with Crippen molar-refractivity contribution in [1.82, 2.24) is 15.6 Å². The molecule has 0 saturated heterocycles. The standard InChI is InChI=1S/C9H10N4O2S3/c1-16-8-12-13-9(18-8)17-4-6-5(2-3-15-6)7(14)11-10/h2-3H,4,10H2,1H3,(H,11,14). The summed E-state index contributed by atoms with van der Waals surface area (Å²) in [5, 5.41) is 8.01. The quantitative estimate of drug-likeness (QED) is 0.376. The van der Waals surface area contributed by atoms with Gasteiger partial charge in [-0.15, -0.1) is 10.2 Å². The second-order valence-corrected chi connectivity index (χ2v) is 6.31. The van der Waals surface area contributed by atoms with Gasteiger partial charge < -0.3 is 4.42 Å². The number of hydrogen-bond acceptors (Lipinski definition) is 8. The van der Waals surface area contributed by atoms with Crippen LogP contribution in [0.2, 0.25) is 0 Å². The SMILES string of the molecule is CSc1nnc(SCc2occc2C(=O)NN)s1. The van der Waals surface area contributed by atoms with Gasteiger partial charge in [-0.2, -0.15) is 0 Å². The number of nitrogens with two attached hydrogens (primary N) is 1. The number of amides is 1. The second kappa shape index (κ2) is 6.23. The molecule has 18 heavy (non-hydrogen) atoms. The first-order chi connectivity index (χ1) is 8.74. The molecule has 3 N–H and O–H groups in total. The highest BCUT2D eigenvalue weighted by molar-refractivity contribution is 8.02. The van der Waals surface area contributed by atoms with Gasteiger partial charge in [0.1, 0.15) is 5.76 Å². The number of hydrogen-bond donors (Lipinski definition) is 2. The third-order valence-corrected chi connectivity index (χ3v) is 5.04. The summed E-state index contributed by atoms with van der Waals surface area (Å²) in [6.07, 6.45) is 3.42. The number of carbonyl (C=O) groups is 1. The Kier molecular flexibility index (Phi) is 4.64. The summed E-state index contributed by atoms with van der Waals surface area (Å²) in [5.74, 6) is 5.82. The number of nitrogens with zero attached hydrogens (tertiary/aromatic N) is 2. The highest BCUT2D eigenvalue weighted by Crippen LogP contribution is 2.30. The Morgan fingerprint density at radius 3 is 3.00 bits per heavy atom. The van der Waals surface area contributed by atoms with Crippen LogP contribution in [0.15, 0.2) is 25.4 Å². The number of carbonyl (C=O) groups excluding carboxylic acids is 1. The largest absolute Gasteiger partial charge is 0.468 e. The lowest BCUT2D eigenvalue weighted by Crippen LogP contribution is -2.30. The maximum atomic E-state index is 11.4. The molecule has 96 valence electrons. The van der Waals surface area contributed by atoms with Crippen molar-refractivity contribution in [2.75, 3.05) is 6.26 Å². The van der Waals surface area contributed by atoms with Crippen molar-refractivity contribution in [2.45, 2.75) is 14.4 Å². The van der Waals surface area contributed by atoms with Crippen LogP contribution in [-0.4, -0.2) is 22.4 Å². The van der Waals surface area contributed by atoms with Crippen molar-refractivity contribution in [3.05, 3.63) is 23.7 Å². The van der Waals surface area contributed by atoms with E-state index < -0.39 is 0 Å². The van der Waals surface area contributed by atoms with Crippen LogP contribution in [0.4, 0.5) is 0 Å². The number of nitrogen functional groups attached to an aromatic ring is 1. The third-order valence-electron chi connectivity index (χ3n) is 2.01. The molecule has 0 aromatic carbocycles. The van der Waals surface area contributed by atoms with Crippen LogP contribution < -0.4 is 11.3 Å². The zero-order valence-corrected chi connectivity index (χ0v) is 11.8. The molecule has 0 bridgehead atoms. The Labute approximate surface area is 116 Å². The van der Waals surface area contributed by atoms with Crippen LogP contribution in [0, 0.1) is 0 Å². The minimum atomic E-state index is -0.360. The molecular formula is C9H10N4O2S3. The fourth-order valence-electron chi connectivity index (χ4n) is 1.20. The van der Waals surface area contributed by atoms with Crippen molar-refractivity contribution in [3.63, 3.8) is 0 Å². The van der Waals surface area contributed by atoms with E-state index in [1.165, 1.54) is 29.4 Å². The van der Waals surface area contributed by atoms with E-state index in [0.29, 0.717) is 17.1 Å². The predicted octanol–water partition coefficient (Wildman–Crippen LogP) is 1.75. The summed E-state index contributed by atoms with van der Waals surface area (Å²) in [7, 11) is 0. The summed E-state index contributed by atoms with van der Waals surface area (Å²) < 4.78 is 7.01. The lowest BCUT2D eigenvalue weighted by molar-refractivity contribution is 0.0952. The molecule has 0 atom stereocenters. The van der Waals surface area contributed by atoms with Gasteiger partial charge >= 0.3 is 0 Å². The molecule has 6 nitrogen and oxygen atoms in total. The highest BCUT2D eigenvalue weighted by atomic mass is 32.2. The summed E-state index contributed by atoms with van der Waals surface area (Å²) in [5.41, 5.74) is 2.53. The number of nitrogens with one attached hydrogen (secondary N) is 1. The van der Waals surface area contributed by atoms with Crippen LogP contribution in [0.25, 0.3) is 0 Å². The van der Waals surface area contributed by atoms with Gasteiger partial charge in [-0.25, -0.2) is 5.84 Å². The second-order valence-electron chi connectivity index (χ2n) is 3.06. The summed E-state index contributed by atoms with van der Waals surface area (Å²) in [4.78, 5) is 11.4. The van der Waals surface area contributed by atoms with Gasteiger partial charge in [0.25, 0.3) is 5.91 Å². The molecule has 2 rings (SSSR count). The number of thioether (sulfide) groups is 2. The van der Waals surface area contributed by atoms with Crippen molar-refractivity contribution in [1.29, 1.82) is 0 Å². The molecule has 0 aliphatic rings. The van der Waals surface area contributed by atoms with E-state index >= 15 is 0 Å². The van der Waals surface area contributed by atoms with Crippen molar-refractivity contribution >= 4 is 40.8 Å². The van der Waals surface area contributed by atoms with Gasteiger partial charge in [-0.3, -0.25) is 10.2 Å². The lowest BCUT2D eigenvalue weighted by atomic mass is 10.2. The maximum Gasteiger partial charge on any atom is 0.268 e. The summed E-state index contributed by atoms with van der Waals surface area (Å²) >= 11 is 4.54. The molecule has 0 unspecified atom stereocenters. The van der Waals surface area contributed by atoms with E-state index in [9.17, 15) is 4.79 Å². The van der Waals surface area contributed by atoms with Crippen LogP contribution in [0.5, 0.6) is 0 Å². The molecule has 0 aliphatic carbocycles. The van der Waals surface area contributed by atoms with Gasteiger partial charge in [0.15, 0.2) is 8.68 Å². The predicted molar refractivity (Wildman–Crippen MR) is 71.6 cm³/mol. The molecule has 2 heterocycles. The zero-order chi connectivity index (χ0) is 13.0. The number of aromatic nitrogens is 2. The number of furan rings is 1. The summed E-state index contributed by atoms with van der Waals surface area (Å²) in [6, 6.07) is 1.59. The molecule has 0 radical (unpaired) electrons. The van der Waals surface area contributed by atoms with Gasteiger partial charge in [-0.05, 0) is 12.3 Å². The molecular weight excluding hydrogens is 292 g/mol. The first kappa shape index (κ1) is 13.4. The molecule has 9 heteroatoms. The van der Waals surface area contributed by atoms with Crippen LogP contribution in [0.3, 0.4) is 0 Å². The van der Waals surface area contributed by atoms with E-state index in [2.05, 4.69) is 15.6 Å². The van der Waals surface area contributed by atoms with E-state index in [1.807, 2.05) is 6.26 Å². The minimum absolute atomic E-state index is 0.360. The number of rotatable bonds is 5. The fraction of sp³-hybridized carbons (Fsp3) is 0.222. The lowest BCUT2D eigenvalue weighted by Gasteiger charge is -1.99. The molecule has 0 saturated carbocycles. The van der Waals surface area contributed by atoms with Crippen LogP contribution >= 0.6 is 34.9 Å². The molecule has 0 fully saturated rings. The van der Waals surface area contributed by atoms with E-state index in [-0.39, 0.29) is 5.91 Å². The smallest absolute Gasteiger partial charge is 0.268 e. The van der Waals surface area contributed by atoms with Gasteiger partial charge in [-0.1, -0.05) is 34.9 Å². The Morgan fingerprint density at radius 1 is 1.56 bits per heavy atom. The summed E-state index contributed by atoms with van der Waals surface area (Å²) in [6.45, 7) is 0. The van der Waals surface area contributed by atoms with Crippen molar-refractivity contribution in [2.24, 2.45) is 5.84 Å². The highest BCUT2D eigenvalue weighted by Gasteiger charge is 2.14. The van der Waals surface area contributed by atoms with Gasteiger partial charge in [0.2, 0.25) is 0 Å². The average Bonchev–Trinajstić information content (AvgIpc) is 3.03. The minimum Gasteiger partial charge on any atom is -0.468 e. The Hall–Kier alpha value is -1.03. The fourth-order valence-corrected chi connectivity index (χ4v) is 3.59. The third kappa shape index (κ3) is 3.05. The van der Waals surface area contributed by atoms with Crippen LogP contribution in [-0.2, 0) is 5.75 Å². The van der Waals surface area contributed by atoms with Crippen LogP contribution in [0.1, 0.15) is 16.1 Å². The number of hydrazine groups is 1. The van der Waals surface area contributed by atoms with E-state index in [1.54, 1.807) is 17.8 Å². The topological polar surface area (TPSA) is 94.0 Å². The Morgan fingerprint density at radius 2 is 2.33 bits per heavy atom. The van der Waals surface area contributed by atoms with Gasteiger partial charge in [0, 0.05) is 0 Å². The van der Waals surface area contributed by atoms with Crippen molar-refractivity contribution < 1.29 is 9.21 Å². The molecule has 0 spiro atoms. The molecule has 1 amide bonds. The monoisotopic (exact) mass is 302 g/mol. The average molecular weight is 302 g/mol. The van der Waals surface area contributed by atoms with E-state index in [4.69, 9.17) is 10.3 Å². The zero-order valence-electron chi connectivity index (χ0n) is 9.37. The molecule has 2 aromatic rings. The van der Waals surface area contributed by atoms with Gasteiger partial charge in [0.05, 0.1) is 17.6 Å². The Balaban J connectivity index is 2.02.